The normalized spacial score (nSPS) is 14.3. The number of nitrogens with one attached hydrogen (secondary N) is 1. The minimum absolute atomic E-state index is 0.148. The van der Waals surface area contributed by atoms with E-state index in [1.165, 1.54) is 5.56 Å². The van der Waals surface area contributed by atoms with Crippen molar-refractivity contribution < 1.29 is 5.11 Å². The highest BCUT2D eigenvalue weighted by Crippen LogP contribution is 2.12. The molecule has 0 aliphatic heterocycles. The van der Waals surface area contributed by atoms with Gasteiger partial charge in [0.2, 0.25) is 0 Å². The second-order valence-corrected chi connectivity index (χ2v) is 5.04. The SMILES string of the molecule is CCC(C)(CO)NCc1ccc(-n2cccn2)cc1. The van der Waals surface area contributed by atoms with E-state index in [-0.39, 0.29) is 12.1 Å². The predicted octanol–water partition coefficient (Wildman–Crippen LogP) is 2.12. The molecule has 0 bridgehead atoms. The molecule has 2 N–H and O–H groups in total. The number of benzene rings is 1. The van der Waals surface area contributed by atoms with Crippen molar-refractivity contribution in [1.82, 2.24) is 15.1 Å². The van der Waals surface area contributed by atoms with Gasteiger partial charge >= 0.3 is 0 Å². The Morgan fingerprint density at radius 3 is 2.58 bits per heavy atom. The van der Waals surface area contributed by atoms with Gasteiger partial charge in [-0.3, -0.25) is 0 Å². The summed E-state index contributed by atoms with van der Waals surface area (Å²) in [6.45, 7) is 5.01. The van der Waals surface area contributed by atoms with Crippen molar-refractivity contribution >= 4 is 0 Å². The fraction of sp³-hybridized carbons (Fsp3) is 0.400. The van der Waals surface area contributed by atoms with Gasteiger partial charge in [-0.25, -0.2) is 4.68 Å². The van der Waals surface area contributed by atoms with Gasteiger partial charge in [0.05, 0.1) is 12.3 Å². The van der Waals surface area contributed by atoms with Crippen LogP contribution in [-0.2, 0) is 6.54 Å². The number of nitrogens with zero attached hydrogens (tertiary/aromatic N) is 2. The van der Waals surface area contributed by atoms with Crippen LogP contribution in [0.4, 0.5) is 0 Å². The first kappa shape index (κ1) is 13.8. The molecule has 1 unspecified atom stereocenters. The quantitative estimate of drug-likeness (QED) is 0.835. The third kappa shape index (κ3) is 3.43. The molecule has 4 heteroatoms. The molecule has 1 atom stereocenters. The largest absolute Gasteiger partial charge is 0.394 e. The summed E-state index contributed by atoms with van der Waals surface area (Å²) in [6.07, 6.45) is 4.59. The number of rotatable bonds is 6. The van der Waals surface area contributed by atoms with Gasteiger partial charge in [-0.05, 0) is 37.1 Å². The van der Waals surface area contributed by atoms with Crippen LogP contribution in [0.25, 0.3) is 5.69 Å². The highest BCUT2D eigenvalue weighted by atomic mass is 16.3. The molecule has 19 heavy (non-hydrogen) atoms. The maximum Gasteiger partial charge on any atom is 0.0645 e. The maximum absolute atomic E-state index is 9.36. The van der Waals surface area contributed by atoms with Crippen molar-refractivity contribution in [2.24, 2.45) is 0 Å². The Hall–Kier alpha value is -1.65. The molecular formula is C15H21N3O. The Kier molecular flexibility index (Phi) is 4.35. The topological polar surface area (TPSA) is 50.1 Å². The van der Waals surface area contributed by atoms with E-state index in [0.717, 1.165) is 18.7 Å². The van der Waals surface area contributed by atoms with Crippen LogP contribution in [-0.4, -0.2) is 27.0 Å². The lowest BCUT2D eigenvalue weighted by molar-refractivity contribution is 0.169. The molecule has 4 nitrogen and oxygen atoms in total. The van der Waals surface area contributed by atoms with E-state index < -0.39 is 0 Å². The van der Waals surface area contributed by atoms with Crippen molar-refractivity contribution in [2.45, 2.75) is 32.4 Å². The molecule has 102 valence electrons. The minimum atomic E-state index is -0.208. The molecule has 0 spiro atoms. The number of aliphatic hydroxyl groups is 1. The molecule has 0 radical (unpaired) electrons. The van der Waals surface area contributed by atoms with Crippen LogP contribution < -0.4 is 5.32 Å². The first-order valence-electron chi connectivity index (χ1n) is 6.62. The number of aromatic nitrogens is 2. The van der Waals surface area contributed by atoms with E-state index in [1.807, 2.05) is 36.0 Å². The zero-order chi connectivity index (χ0) is 13.7. The lowest BCUT2D eigenvalue weighted by atomic mass is 10.00. The van der Waals surface area contributed by atoms with Crippen LogP contribution in [0.1, 0.15) is 25.8 Å². The molecule has 1 heterocycles. The third-order valence-corrected chi connectivity index (χ3v) is 3.55. The monoisotopic (exact) mass is 259 g/mol. The molecule has 2 aromatic rings. The fourth-order valence-electron chi connectivity index (χ4n) is 1.80. The summed E-state index contributed by atoms with van der Waals surface area (Å²) < 4.78 is 1.83. The van der Waals surface area contributed by atoms with Crippen molar-refractivity contribution in [3.63, 3.8) is 0 Å². The van der Waals surface area contributed by atoms with E-state index in [2.05, 4.69) is 29.5 Å². The van der Waals surface area contributed by atoms with Crippen LogP contribution in [0.5, 0.6) is 0 Å². The first-order chi connectivity index (χ1) is 9.17. The number of hydrogen-bond donors (Lipinski definition) is 2. The zero-order valence-corrected chi connectivity index (χ0v) is 11.5. The molecule has 0 aliphatic carbocycles. The molecule has 2 rings (SSSR count). The molecule has 0 aliphatic rings. The van der Waals surface area contributed by atoms with E-state index in [1.54, 1.807) is 6.20 Å². The number of aliphatic hydroxyl groups excluding tert-OH is 1. The van der Waals surface area contributed by atoms with Crippen LogP contribution in [0, 0.1) is 0 Å². The van der Waals surface area contributed by atoms with E-state index >= 15 is 0 Å². The van der Waals surface area contributed by atoms with Crippen LogP contribution in [0.3, 0.4) is 0 Å². The summed E-state index contributed by atoms with van der Waals surface area (Å²) in [5, 5.41) is 16.9. The Balaban J connectivity index is 2.00. The molecule has 0 saturated heterocycles. The van der Waals surface area contributed by atoms with E-state index in [0.29, 0.717) is 0 Å². The van der Waals surface area contributed by atoms with Gasteiger partial charge in [0.1, 0.15) is 0 Å². The summed E-state index contributed by atoms with van der Waals surface area (Å²) in [6, 6.07) is 10.2. The van der Waals surface area contributed by atoms with Crippen LogP contribution in [0.15, 0.2) is 42.7 Å². The van der Waals surface area contributed by atoms with Crippen LogP contribution in [0.2, 0.25) is 0 Å². The summed E-state index contributed by atoms with van der Waals surface area (Å²) in [4.78, 5) is 0. The minimum Gasteiger partial charge on any atom is -0.394 e. The molecule has 0 saturated carbocycles. The Bertz CT molecular complexity index is 487. The summed E-state index contributed by atoms with van der Waals surface area (Å²) in [5.74, 6) is 0. The smallest absolute Gasteiger partial charge is 0.0645 e. The summed E-state index contributed by atoms with van der Waals surface area (Å²) in [5.41, 5.74) is 2.04. The van der Waals surface area contributed by atoms with Gasteiger partial charge in [-0.15, -0.1) is 0 Å². The second kappa shape index (κ2) is 5.99. The maximum atomic E-state index is 9.36. The Morgan fingerprint density at radius 2 is 2.05 bits per heavy atom. The van der Waals surface area contributed by atoms with Crippen molar-refractivity contribution in [2.75, 3.05) is 6.61 Å². The lowest BCUT2D eigenvalue weighted by Gasteiger charge is -2.27. The zero-order valence-electron chi connectivity index (χ0n) is 11.5. The van der Waals surface area contributed by atoms with Gasteiger partial charge < -0.3 is 10.4 Å². The van der Waals surface area contributed by atoms with Crippen molar-refractivity contribution in [1.29, 1.82) is 0 Å². The molecule has 0 fully saturated rings. The Labute approximate surface area is 114 Å². The molecule has 1 aromatic heterocycles. The predicted molar refractivity (Wildman–Crippen MR) is 76.2 cm³/mol. The standard InChI is InChI=1S/C15H21N3O/c1-3-15(2,12-19)16-11-13-5-7-14(8-6-13)18-10-4-9-17-18/h4-10,16,19H,3,11-12H2,1-2H3. The highest BCUT2D eigenvalue weighted by Gasteiger charge is 2.19. The fourth-order valence-corrected chi connectivity index (χ4v) is 1.80. The first-order valence-corrected chi connectivity index (χ1v) is 6.62. The van der Waals surface area contributed by atoms with Gasteiger partial charge in [0, 0.05) is 24.5 Å². The van der Waals surface area contributed by atoms with Gasteiger partial charge in [0.15, 0.2) is 0 Å². The summed E-state index contributed by atoms with van der Waals surface area (Å²) >= 11 is 0. The average molecular weight is 259 g/mol. The molecular weight excluding hydrogens is 238 g/mol. The highest BCUT2D eigenvalue weighted by molar-refractivity contribution is 5.33. The molecule has 0 amide bonds. The van der Waals surface area contributed by atoms with Gasteiger partial charge in [0.25, 0.3) is 0 Å². The van der Waals surface area contributed by atoms with Gasteiger partial charge in [-0.2, -0.15) is 5.10 Å². The Morgan fingerprint density at radius 1 is 1.32 bits per heavy atom. The van der Waals surface area contributed by atoms with Crippen LogP contribution >= 0.6 is 0 Å². The van der Waals surface area contributed by atoms with E-state index in [4.69, 9.17) is 0 Å². The van der Waals surface area contributed by atoms with E-state index in [9.17, 15) is 5.11 Å². The lowest BCUT2D eigenvalue weighted by Crippen LogP contribution is -2.44. The van der Waals surface area contributed by atoms with Crippen molar-refractivity contribution in [3.8, 4) is 5.69 Å². The average Bonchev–Trinajstić information content (AvgIpc) is 2.99. The number of hydrogen-bond acceptors (Lipinski definition) is 3. The summed E-state index contributed by atoms with van der Waals surface area (Å²) in [7, 11) is 0. The molecule has 1 aromatic carbocycles. The third-order valence-electron chi connectivity index (χ3n) is 3.55. The van der Waals surface area contributed by atoms with Gasteiger partial charge in [-0.1, -0.05) is 19.1 Å². The van der Waals surface area contributed by atoms with Crippen molar-refractivity contribution in [3.05, 3.63) is 48.3 Å². The second-order valence-electron chi connectivity index (χ2n) is 5.04.